The van der Waals surface area contributed by atoms with Gasteiger partial charge in [0.1, 0.15) is 0 Å². The maximum Gasteiger partial charge on any atom is 0.195 e. The van der Waals surface area contributed by atoms with E-state index in [1.807, 2.05) is 91.9 Å². The monoisotopic (exact) mass is 429 g/mol. The van der Waals surface area contributed by atoms with Crippen LogP contribution in [0.15, 0.2) is 89.9 Å². The van der Waals surface area contributed by atoms with Crippen LogP contribution in [0.2, 0.25) is 0 Å². The van der Waals surface area contributed by atoms with Gasteiger partial charge in [-0.3, -0.25) is 4.99 Å². The smallest absolute Gasteiger partial charge is 0.195 e. The van der Waals surface area contributed by atoms with Crippen molar-refractivity contribution >= 4 is 11.9 Å². The predicted octanol–water partition coefficient (Wildman–Crippen LogP) is 7.34. The Kier molecular flexibility index (Phi) is 6.50. The highest BCUT2D eigenvalue weighted by atomic mass is 19.2. The zero-order valence-corrected chi connectivity index (χ0v) is 17.7. The fourth-order valence-electron chi connectivity index (χ4n) is 3.65. The van der Waals surface area contributed by atoms with Gasteiger partial charge in [0, 0.05) is 35.7 Å². The van der Waals surface area contributed by atoms with Crippen LogP contribution in [0.5, 0.6) is 0 Å². The molecule has 0 saturated carbocycles. The Hall–Kier alpha value is -3.66. The van der Waals surface area contributed by atoms with Crippen molar-refractivity contribution in [2.45, 2.75) is 19.8 Å². The molecule has 0 bridgehead atoms. The molecule has 0 aliphatic carbocycles. The highest BCUT2D eigenvalue weighted by molar-refractivity contribution is 5.86. The molecular weight excluding hydrogens is 407 g/mol. The maximum absolute atomic E-state index is 15.0. The van der Waals surface area contributed by atoms with E-state index in [0.717, 1.165) is 16.7 Å². The van der Waals surface area contributed by atoms with E-state index in [4.69, 9.17) is 0 Å². The third-order valence-electron chi connectivity index (χ3n) is 5.39. The van der Waals surface area contributed by atoms with Crippen LogP contribution in [-0.2, 0) is 12.8 Å². The van der Waals surface area contributed by atoms with Crippen molar-refractivity contribution in [3.63, 3.8) is 0 Å². The first kappa shape index (κ1) is 21.6. The third-order valence-corrected chi connectivity index (χ3v) is 5.39. The van der Waals surface area contributed by atoms with Gasteiger partial charge in [0.05, 0.1) is 5.69 Å². The van der Waals surface area contributed by atoms with Gasteiger partial charge in [0.15, 0.2) is 17.5 Å². The number of hydrogen-bond donors (Lipinski definition) is 0. The quantitative estimate of drug-likeness (QED) is 0.225. The molecule has 4 aromatic carbocycles. The van der Waals surface area contributed by atoms with Crippen LogP contribution in [0, 0.1) is 24.4 Å². The van der Waals surface area contributed by atoms with E-state index < -0.39 is 17.5 Å². The highest BCUT2D eigenvalue weighted by Gasteiger charge is 2.24. The Labute approximate surface area is 185 Å². The summed E-state index contributed by atoms with van der Waals surface area (Å²) in [6.07, 6.45) is 1.70. The molecule has 0 radical (unpaired) electrons. The Morgan fingerprint density at radius 1 is 0.625 bits per heavy atom. The molecule has 0 atom stereocenters. The Balaban J connectivity index is 1.87. The van der Waals surface area contributed by atoms with Gasteiger partial charge in [0.2, 0.25) is 0 Å². The summed E-state index contributed by atoms with van der Waals surface area (Å²) in [6.45, 7) is 1.97. The number of halogens is 3. The number of aryl methyl sites for hydroxylation is 1. The highest BCUT2D eigenvalue weighted by Crippen LogP contribution is 2.29. The molecule has 4 rings (SSSR count). The molecule has 4 aromatic rings. The molecule has 32 heavy (non-hydrogen) atoms. The molecule has 0 heterocycles. The Morgan fingerprint density at radius 2 is 1.09 bits per heavy atom. The summed E-state index contributed by atoms with van der Waals surface area (Å²) in [7, 11) is 0. The van der Waals surface area contributed by atoms with E-state index in [2.05, 4.69) is 4.99 Å². The molecule has 0 fully saturated rings. The van der Waals surface area contributed by atoms with Gasteiger partial charge in [-0.15, -0.1) is 0 Å². The van der Waals surface area contributed by atoms with Crippen LogP contribution < -0.4 is 0 Å². The van der Waals surface area contributed by atoms with Gasteiger partial charge in [-0.05, 0) is 30.2 Å². The number of nitrogens with zero attached hydrogens (tertiary/aromatic N) is 1. The molecule has 0 amide bonds. The molecule has 160 valence electrons. The first-order valence-electron chi connectivity index (χ1n) is 10.4. The normalized spacial score (nSPS) is 11.2. The average Bonchev–Trinajstić information content (AvgIpc) is 2.83. The van der Waals surface area contributed by atoms with Gasteiger partial charge in [-0.1, -0.05) is 78.4 Å². The van der Waals surface area contributed by atoms with Gasteiger partial charge >= 0.3 is 0 Å². The van der Waals surface area contributed by atoms with Crippen LogP contribution >= 0.6 is 0 Å². The van der Waals surface area contributed by atoms with Crippen molar-refractivity contribution in [2.24, 2.45) is 4.99 Å². The first-order chi connectivity index (χ1) is 15.5. The van der Waals surface area contributed by atoms with Crippen LogP contribution in [-0.4, -0.2) is 6.21 Å². The lowest BCUT2D eigenvalue weighted by Gasteiger charge is -2.16. The molecule has 0 saturated heterocycles. The van der Waals surface area contributed by atoms with Crippen molar-refractivity contribution in [3.8, 4) is 0 Å². The number of hydrogen-bond acceptors (Lipinski definition) is 1. The standard InChI is InChI=1S/C28H22F3N/c1-19-12-14-22(15-13-19)32-18-25-23(16-20-8-4-2-5-9-20)26(29)28(31)27(30)24(25)17-21-10-6-3-7-11-21/h2-15,18H,16-17H2,1H3. The molecule has 0 aromatic heterocycles. The third kappa shape index (κ3) is 4.80. The van der Waals surface area contributed by atoms with Crippen LogP contribution in [0.3, 0.4) is 0 Å². The van der Waals surface area contributed by atoms with Crippen LogP contribution in [0.25, 0.3) is 0 Å². The fraction of sp³-hybridized carbons (Fsp3) is 0.107. The summed E-state index contributed by atoms with van der Waals surface area (Å²) < 4.78 is 44.7. The van der Waals surface area contributed by atoms with Gasteiger partial charge in [0.25, 0.3) is 0 Å². The lowest BCUT2D eigenvalue weighted by atomic mass is 9.91. The molecule has 0 aliphatic rings. The number of rotatable bonds is 6. The second-order valence-corrected chi connectivity index (χ2v) is 7.73. The van der Waals surface area contributed by atoms with Crippen molar-refractivity contribution in [3.05, 3.63) is 136 Å². The molecule has 1 nitrogen and oxygen atoms in total. The Bertz CT molecular complexity index is 1160. The minimum absolute atomic E-state index is 0.0943. The fourth-order valence-corrected chi connectivity index (χ4v) is 3.65. The summed E-state index contributed by atoms with van der Waals surface area (Å²) >= 11 is 0. The molecule has 4 heteroatoms. The maximum atomic E-state index is 15.0. The van der Waals surface area contributed by atoms with Gasteiger partial charge in [-0.2, -0.15) is 0 Å². The second-order valence-electron chi connectivity index (χ2n) is 7.73. The zero-order valence-electron chi connectivity index (χ0n) is 17.7. The van der Waals surface area contributed by atoms with Crippen molar-refractivity contribution in [1.82, 2.24) is 0 Å². The van der Waals surface area contributed by atoms with Crippen LogP contribution in [0.1, 0.15) is 33.4 Å². The largest absolute Gasteiger partial charge is 0.256 e. The molecule has 0 unspecified atom stereocenters. The van der Waals surface area contributed by atoms with Gasteiger partial charge in [-0.25, -0.2) is 13.2 Å². The zero-order chi connectivity index (χ0) is 22.5. The van der Waals surface area contributed by atoms with Crippen molar-refractivity contribution in [1.29, 1.82) is 0 Å². The van der Waals surface area contributed by atoms with E-state index in [0.29, 0.717) is 5.69 Å². The lowest BCUT2D eigenvalue weighted by Crippen LogP contribution is -2.11. The second kappa shape index (κ2) is 9.65. The molecular formula is C28H22F3N. The van der Waals surface area contributed by atoms with E-state index in [1.54, 1.807) is 0 Å². The lowest BCUT2D eigenvalue weighted by molar-refractivity contribution is 0.436. The number of aliphatic imine (C=N–C) groups is 1. The number of benzene rings is 4. The topological polar surface area (TPSA) is 12.4 Å². The predicted molar refractivity (Wildman–Crippen MR) is 123 cm³/mol. The summed E-state index contributed by atoms with van der Waals surface area (Å²) in [4.78, 5) is 4.45. The molecule has 0 spiro atoms. The molecule has 0 N–H and O–H groups in total. The minimum atomic E-state index is -1.45. The SMILES string of the molecule is Cc1ccc(N=Cc2c(Cc3ccccc3)c(F)c(F)c(F)c2Cc2ccccc2)cc1. The van der Waals surface area contributed by atoms with E-state index in [-0.39, 0.29) is 29.5 Å². The first-order valence-corrected chi connectivity index (χ1v) is 10.4. The summed E-state index contributed by atoms with van der Waals surface area (Å²) in [5.74, 6) is -3.80. The summed E-state index contributed by atoms with van der Waals surface area (Å²) in [5, 5.41) is 0. The minimum Gasteiger partial charge on any atom is -0.256 e. The van der Waals surface area contributed by atoms with E-state index in [9.17, 15) is 4.39 Å². The van der Waals surface area contributed by atoms with Crippen molar-refractivity contribution < 1.29 is 13.2 Å². The summed E-state index contributed by atoms with van der Waals surface area (Å²) in [5.41, 5.74) is 3.79. The van der Waals surface area contributed by atoms with E-state index in [1.165, 1.54) is 6.21 Å². The van der Waals surface area contributed by atoms with E-state index >= 15 is 8.78 Å². The van der Waals surface area contributed by atoms with Gasteiger partial charge < -0.3 is 0 Å². The van der Waals surface area contributed by atoms with Crippen molar-refractivity contribution in [2.75, 3.05) is 0 Å². The molecule has 0 aliphatic heterocycles. The average molecular weight is 429 g/mol. The van der Waals surface area contributed by atoms with Crippen LogP contribution in [0.4, 0.5) is 18.9 Å². The summed E-state index contributed by atoms with van der Waals surface area (Å²) in [6, 6.07) is 25.8. The Morgan fingerprint density at radius 3 is 1.56 bits per heavy atom.